The summed E-state index contributed by atoms with van der Waals surface area (Å²) >= 11 is 1.63. The molecule has 3 aromatic rings. The van der Waals surface area contributed by atoms with Crippen molar-refractivity contribution >= 4 is 16.5 Å². The standard InChI is InChI=1S/C20H25N3O2S/c1-13-10-16(17-12-26-20(21-3)22-17)14(2)23(13)9-8-15-6-7-18(24-4)19(11-15)25-5/h6-7,10-12H,8-9H2,1-5H3,(H,21,22). The number of methoxy groups -OCH3 is 2. The summed E-state index contributed by atoms with van der Waals surface area (Å²) in [6.45, 7) is 5.22. The molecule has 2 aromatic heterocycles. The van der Waals surface area contributed by atoms with Crippen LogP contribution in [0, 0.1) is 13.8 Å². The number of nitrogens with one attached hydrogen (secondary N) is 1. The van der Waals surface area contributed by atoms with Crippen LogP contribution in [0.3, 0.4) is 0 Å². The minimum Gasteiger partial charge on any atom is -0.493 e. The van der Waals surface area contributed by atoms with Crippen molar-refractivity contribution in [3.63, 3.8) is 0 Å². The van der Waals surface area contributed by atoms with Gasteiger partial charge in [0.1, 0.15) is 0 Å². The van der Waals surface area contributed by atoms with Crippen LogP contribution in [0.4, 0.5) is 5.13 Å². The molecule has 0 spiro atoms. The third kappa shape index (κ3) is 3.55. The average Bonchev–Trinajstić information content (AvgIpc) is 3.24. The first-order chi connectivity index (χ1) is 12.6. The van der Waals surface area contributed by atoms with Gasteiger partial charge in [0.15, 0.2) is 16.6 Å². The number of rotatable bonds is 7. The lowest BCUT2D eigenvalue weighted by atomic mass is 10.1. The highest BCUT2D eigenvalue weighted by atomic mass is 32.1. The Morgan fingerprint density at radius 3 is 2.54 bits per heavy atom. The molecule has 0 aliphatic heterocycles. The summed E-state index contributed by atoms with van der Waals surface area (Å²) in [5, 5.41) is 6.15. The van der Waals surface area contributed by atoms with Crippen molar-refractivity contribution < 1.29 is 9.47 Å². The molecule has 5 nitrogen and oxygen atoms in total. The zero-order valence-electron chi connectivity index (χ0n) is 15.9. The van der Waals surface area contributed by atoms with Crippen LogP contribution < -0.4 is 14.8 Å². The van der Waals surface area contributed by atoms with E-state index in [9.17, 15) is 0 Å². The molecular weight excluding hydrogens is 346 g/mol. The molecule has 0 atom stereocenters. The summed E-state index contributed by atoms with van der Waals surface area (Å²) in [5.74, 6) is 1.53. The molecule has 0 radical (unpaired) electrons. The molecule has 0 aliphatic carbocycles. The maximum absolute atomic E-state index is 5.41. The number of hydrogen-bond donors (Lipinski definition) is 1. The molecule has 6 heteroatoms. The molecule has 26 heavy (non-hydrogen) atoms. The zero-order valence-corrected chi connectivity index (χ0v) is 16.7. The normalized spacial score (nSPS) is 10.8. The Morgan fingerprint density at radius 2 is 1.88 bits per heavy atom. The lowest BCUT2D eigenvalue weighted by Crippen LogP contribution is -2.05. The van der Waals surface area contributed by atoms with E-state index in [1.165, 1.54) is 22.5 Å². The van der Waals surface area contributed by atoms with Crippen molar-refractivity contribution in [2.45, 2.75) is 26.8 Å². The second kappa shape index (κ2) is 7.83. The second-order valence-corrected chi connectivity index (χ2v) is 7.02. The van der Waals surface area contributed by atoms with Gasteiger partial charge in [0.05, 0.1) is 19.9 Å². The third-order valence-electron chi connectivity index (χ3n) is 4.64. The van der Waals surface area contributed by atoms with E-state index in [1.807, 2.05) is 19.2 Å². The van der Waals surface area contributed by atoms with E-state index in [2.05, 4.69) is 46.2 Å². The molecule has 0 fully saturated rings. The fourth-order valence-corrected chi connectivity index (χ4v) is 3.87. The summed E-state index contributed by atoms with van der Waals surface area (Å²) in [6.07, 6.45) is 0.926. The first kappa shape index (κ1) is 18.3. The highest BCUT2D eigenvalue weighted by Crippen LogP contribution is 2.31. The average molecular weight is 372 g/mol. The fraction of sp³-hybridized carbons (Fsp3) is 0.350. The largest absolute Gasteiger partial charge is 0.493 e. The lowest BCUT2D eigenvalue weighted by molar-refractivity contribution is 0.354. The number of anilines is 1. The lowest BCUT2D eigenvalue weighted by Gasteiger charge is -2.12. The SMILES string of the molecule is CNc1nc(-c2cc(C)n(CCc3ccc(OC)c(OC)c3)c2C)cs1. The monoisotopic (exact) mass is 371 g/mol. The van der Waals surface area contributed by atoms with Crippen LogP contribution in [0.25, 0.3) is 11.3 Å². The van der Waals surface area contributed by atoms with Crippen LogP contribution >= 0.6 is 11.3 Å². The predicted molar refractivity (Wildman–Crippen MR) is 108 cm³/mol. The maximum atomic E-state index is 5.41. The Kier molecular flexibility index (Phi) is 5.52. The summed E-state index contributed by atoms with van der Waals surface area (Å²) in [5.41, 5.74) is 5.95. The number of benzene rings is 1. The number of aromatic nitrogens is 2. The molecule has 1 N–H and O–H groups in total. The van der Waals surface area contributed by atoms with E-state index in [0.29, 0.717) is 0 Å². The van der Waals surface area contributed by atoms with Crippen LogP contribution in [-0.4, -0.2) is 30.8 Å². The molecule has 0 amide bonds. The molecule has 1 aromatic carbocycles. The van der Waals surface area contributed by atoms with E-state index < -0.39 is 0 Å². The van der Waals surface area contributed by atoms with Gasteiger partial charge < -0.3 is 19.4 Å². The van der Waals surface area contributed by atoms with Crippen molar-refractivity contribution in [1.29, 1.82) is 0 Å². The van der Waals surface area contributed by atoms with Gasteiger partial charge >= 0.3 is 0 Å². The van der Waals surface area contributed by atoms with Gasteiger partial charge in [0, 0.05) is 35.9 Å². The van der Waals surface area contributed by atoms with Crippen LogP contribution in [0.15, 0.2) is 29.6 Å². The highest BCUT2D eigenvalue weighted by molar-refractivity contribution is 7.14. The Labute approximate surface area is 158 Å². The Morgan fingerprint density at radius 1 is 1.12 bits per heavy atom. The Hall–Kier alpha value is -2.47. The number of nitrogens with zero attached hydrogens (tertiary/aromatic N) is 2. The van der Waals surface area contributed by atoms with Crippen LogP contribution in [0.2, 0.25) is 0 Å². The van der Waals surface area contributed by atoms with Gasteiger partial charge in [-0.2, -0.15) is 0 Å². The zero-order chi connectivity index (χ0) is 18.7. The minimum absolute atomic E-state index is 0.760. The molecule has 0 bridgehead atoms. The molecule has 0 unspecified atom stereocenters. The maximum Gasteiger partial charge on any atom is 0.182 e. The highest BCUT2D eigenvalue weighted by Gasteiger charge is 2.14. The predicted octanol–water partition coefficient (Wildman–Crippen LogP) is 4.53. The Bertz CT molecular complexity index is 899. The van der Waals surface area contributed by atoms with Crippen molar-refractivity contribution in [3.05, 3.63) is 46.6 Å². The van der Waals surface area contributed by atoms with E-state index >= 15 is 0 Å². The topological polar surface area (TPSA) is 48.3 Å². The van der Waals surface area contributed by atoms with E-state index in [4.69, 9.17) is 9.47 Å². The van der Waals surface area contributed by atoms with Gasteiger partial charge in [0.2, 0.25) is 0 Å². The fourth-order valence-electron chi connectivity index (χ4n) is 3.19. The smallest absolute Gasteiger partial charge is 0.182 e. The summed E-state index contributed by atoms with van der Waals surface area (Å²) in [6, 6.07) is 8.32. The number of ether oxygens (including phenoxy) is 2. The van der Waals surface area contributed by atoms with Gasteiger partial charge in [-0.3, -0.25) is 0 Å². The van der Waals surface area contributed by atoms with Gasteiger partial charge in [-0.25, -0.2) is 4.98 Å². The summed E-state index contributed by atoms with van der Waals surface area (Å²) in [4.78, 5) is 4.64. The number of aryl methyl sites for hydroxylation is 2. The minimum atomic E-state index is 0.760. The van der Waals surface area contributed by atoms with Crippen molar-refractivity contribution in [2.24, 2.45) is 0 Å². The molecule has 0 saturated carbocycles. The van der Waals surface area contributed by atoms with Gasteiger partial charge in [-0.15, -0.1) is 11.3 Å². The van der Waals surface area contributed by atoms with Gasteiger partial charge in [0.25, 0.3) is 0 Å². The number of thiazole rings is 1. The summed E-state index contributed by atoms with van der Waals surface area (Å²) < 4.78 is 13.1. The van der Waals surface area contributed by atoms with E-state index in [-0.39, 0.29) is 0 Å². The third-order valence-corrected chi connectivity index (χ3v) is 5.50. The van der Waals surface area contributed by atoms with Gasteiger partial charge in [-0.05, 0) is 44.0 Å². The first-order valence-electron chi connectivity index (χ1n) is 8.58. The quantitative estimate of drug-likeness (QED) is 0.663. The van der Waals surface area contributed by atoms with Crippen LogP contribution in [-0.2, 0) is 13.0 Å². The van der Waals surface area contributed by atoms with Gasteiger partial charge in [-0.1, -0.05) is 6.07 Å². The van der Waals surface area contributed by atoms with E-state index in [1.54, 1.807) is 25.6 Å². The molecule has 2 heterocycles. The first-order valence-corrected chi connectivity index (χ1v) is 9.46. The van der Waals surface area contributed by atoms with Crippen molar-refractivity contribution in [1.82, 2.24) is 9.55 Å². The van der Waals surface area contributed by atoms with Crippen molar-refractivity contribution in [3.8, 4) is 22.8 Å². The molecule has 0 saturated heterocycles. The van der Waals surface area contributed by atoms with Crippen LogP contribution in [0.1, 0.15) is 17.0 Å². The second-order valence-electron chi connectivity index (χ2n) is 6.16. The molecular formula is C20H25N3O2S. The Balaban J connectivity index is 1.80. The van der Waals surface area contributed by atoms with E-state index in [0.717, 1.165) is 35.3 Å². The summed E-state index contributed by atoms with van der Waals surface area (Å²) in [7, 11) is 5.22. The number of hydrogen-bond acceptors (Lipinski definition) is 5. The molecule has 0 aliphatic rings. The molecule has 138 valence electrons. The van der Waals surface area contributed by atoms with Crippen LogP contribution in [0.5, 0.6) is 11.5 Å². The van der Waals surface area contributed by atoms with Crippen molar-refractivity contribution in [2.75, 3.05) is 26.6 Å². The molecule has 3 rings (SSSR count).